The third-order valence-corrected chi connectivity index (χ3v) is 4.15. The summed E-state index contributed by atoms with van der Waals surface area (Å²) in [5.41, 5.74) is 2.78. The van der Waals surface area contributed by atoms with Crippen LogP contribution in [0.4, 0.5) is 0 Å². The van der Waals surface area contributed by atoms with Gasteiger partial charge in [0.2, 0.25) is 0 Å². The maximum absolute atomic E-state index is 11.3. The van der Waals surface area contributed by atoms with E-state index in [-0.39, 0.29) is 5.69 Å². The Kier molecular flexibility index (Phi) is 3.53. The lowest BCUT2D eigenvalue weighted by Crippen LogP contribution is -2.06. The third kappa shape index (κ3) is 2.57. The highest BCUT2D eigenvalue weighted by atomic mass is 32.1. The number of rotatable bonds is 4. The molecule has 0 fully saturated rings. The molecule has 3 aromatic rings. The standard InChI is InChI=1S/C15H13N3O2S/c1-10-5-2-3-6-11(10)9-18-14(12-7-4-8-21-12)13(15(19)20)16-17-18/h2-8H,9H2,1H3,(H,19,20). The number of aromatic nitrogens is 3. The SMILES string of the molecule is Cc1ccccc1Cn1nnc(C(=O)O)c1-c1cccs1. The predicted octanol–water partition coefficient (Wildman–Crippen LogP) is 3.06. The molecular formula is C15H13N3O2S. The number of hydrogen-bond acceptors (Lipinski definition) is 4. The Bertz CT molecular complexity index is 778. The quantitative estimate of drug-likeness (QED) is 0.804. The molecule has 0 saturated carbocycles. The number of nitrogens with zero attached hydrogens (tertiary/aromatic N) is 3. The Morgan fingerprint density at radius 3 is 2.76 bits per heavy atom. The monoisotopic (exact) mass is 299 g/mol. The summed E-state index contributed by atoms with van der Waals surface area (Å²) in [5.74, 6) is -1.06. The van der Waals surface area contributed by atoms with Gasteiger partial charge in [-0.1, -0.05) is 35.5 Å². The highest BCUT2D eigenvalue weighted by Gasteiger charge is 2.21. The molecule has 0 aliphatic heterocycles. The van der Waals surface area contributed by atoms with E-state index >= 15 is 0 Å². The summed E-state index contributed by atoms with van der Waals surface area (Å²) < 4.78 is 1.65. The number of thiophene rings is 1. The second-order valence-corrected chi connectivity index (χ2v) is 5.60. The second kappa shape index (κ2) is 5.49. The van der Waals surface area contributed by atoms with E-state index in [9.17, 15) is 9.90 Å². The van der Waals surface area contributed by atoms with Gasteiger partial charge in [0.15, 0.2) is 5.69 Å². The number of carboxylic acid groups (broad SMARTS) is 1. The first-order valence-electron chi connectivity index (χ1n) is 6.42. The van der Waals surface area contributed by atoms with Gasteiger partial charge in [0.25, 0.3) is 0 Å². The molecule has 0 unspecified atom stereocenters. The van der Waals surface area contributed by atoms with Gasteiger partial charge in [-0.05, 0) is 29.5 Å². The summed E-state index contributed by atoms with van der Waals surface area (Å²) in [6, 6.07) is 11.7. The summed E-state index contributed by atoms with van der Waals surface area (Å²) in [7, 11) is 0. The second-order valence-electron chi connectivity index (χ2n) is 4.65. The van der Waals surface area contributed by atoms with Crippen molar-refractivity contribution < 1.29 is 9.90 Å². The summed E-state index contributed by atoms with van der Waals surface area (Å²) in [6.45, 7) is 2.52. The van der Waals surface area contributed by atoms with Crippen molar-refractivity contribution in [2.24, 2.45) is 0 Å². The van der Waals surface area contributed by atoms with Crippen LogP contribution in [0.25, 0.3) is 10.6 Å². The molecule has 106 valence electrons. The van der Waals surface area contributed by atoms with E-state index in [0.717, 1.165) is 16.0 Å². The molecule has 0 amide bonds. The zero-order chi connectivity index (χ0) is 14.8. The van der Waals surface area contributed by atoms with Crippen LogP contribution in [-0.2, 0) is 6.54 Å². The summed E-state index contributed by atoms with van der Waals surface area (Å²) >= 11 is 1.48. The molecule has 0 radical (unpaired) electrons. The van der Waals surface area contributed by atoms with Crippen LogP contribution in [0.2, 0.25) is 0 Å². The average Bonchev–Trinajstić information content (AvgIpc) is 3.09. The molecule has 0 spiro atoms. The van der Waals surface area contributed by atoms with E-state index in [0.29, 0.717) is 12.2 Å². The number of benzene rings is 1. The molecule has 2 aromatic heterocycles. The fourth-order valence-corrected chi connectivity index (χ4v) is 2.95. The van der Waals surface area contributed by atoms with E-state index < -0.39 is 5.97 Å². The van der Waals surface area contributed by atoms with Crippen LogP contribution in [0.3, 0.4) is 0 Å². The van der Waals surface area contributed by atoms with Crippen LogP contribution in [0.5, 0.6) is 0 Å². The van der Waals surface area contributed by atoms with Gasteiger partial charge in [0, 0.05) is 0 Å². The van der Waals surface area contributed by atoms with Gasteiger partial charge in [0.1, 0.15) is 5.69 Å². The number of hydrogen-bond donors (Lipinski definition) is 1. The van der Waals surface area contributed by atoms with E-state index in [4.69, 9.17) is 0 Å². The minimum Gasteiger partial charge on any atom is -0.476 e. The number of carbonyl (C=O) groups is 1. The Balaban J connectivity index is 2.08. The van der Waals surface area contributed by atoms with Crippen molar-refractivity contribution in [3.63, 3.8) is 0 Å². The van der Waals surface area contributed by atoms with Crippen LogP contribution in [0.15, 0.2) is 41.8 Å². The predicted molar refractivity (Wildman–Crippen MR) is 80.6 cm³/mol. The summed E-state index contributed by atoms with van der Waals surface area (Å²) in [4.78, 5) is 12.2. The van der Waals surface area contributed by atoms with Crippen molar-refractivity contribution in [1.82, 2.24) is 15.0 Å². The van der Waals surface area contributed by atoms with Gasteiger partial charge in [-0.2, -0.15) is 0 Å². The molecule has 1 N–H and O–H groups in total. The van der Waals surface area contributed by atoms with Crippen molar-refractivity contribution in [2.75, 3.05) is 0 Å². The first-order valence-corrected chi connectivity index (χ1v) is 7.30. The maximum Gasteiger partial charge on any atom is 0.358 e. The zero-order valence-electron chi connectivity index (χ0n) is 11.4. The highest BCUT2D eigenvalue weighted by Crippen LogP contribution is 2.27. The van der Waals surface area contributed by atoms with Crippen LogP contribution < -0.4 is 0 Å². The van der Waals surface area contributed by atoms with Crippen molar-refractivity contribution >= 4 is 17.3 Å². The van der Waals surface area contributed by atoms with Gasteiger partial charge in [-0.3, -0.25) is 0 Å². The molecule has 0 aliphatic carbocycles. The molecule has 5 nitrogen and oxygen atoms in total. The Labute approximate surface area is 125 Å². The van der Waals surface area contributed by atoms with Crippen LogP contribution >= 0.6 is 11.3 Å². The minimum atomic E-state index is -1.06. The van der Waals surface area contributed by atoms with E-state index in [1.807, 2.05) is 48.7 Å². The molecular weight excluding hydrogens is 286 g/mol. The Hall–Kier alpha value is -2.47. The van der Waals surface area contributed by atoms with Gasteiger partial charge in [-0.25, -0.2) is 9.48 Å². The fraction of sp³-hybridized carbons (Fsp3) is 0.133. The van der Waals surface area contributed by atoms with E-state index in [1.165, 1.54) is 11.3 Å². The van der Waals surface area contributed by atoms with Crippen molar-refractivity contribution in [2.45, 2.75) is 13.5 Å². The minimum absolute atomic E-state index is 0.00830. The van der Waals surface area contributed by atoms with Crippen LogP contribution in [-0.4, -0.2) is 26.1 Å². The Morgan fingerprint density at radius 1 is 1.29 bits per heavy atom. The molecule has 1 aromatic carbocycles. The topological polar surface area (TPSA) is 68.0 Å². The first kappa shape index (κ1) is 13.5. The highest BCUT2D eigenvalue weighted by molar-refractivity contribution is 7.13. The smallest absolute Gasteiger partial charge is 0.358 e. The lowest BCUT2D eigenvalue weighted by molar-refractivity contribution is 0.0691. The molecule has 6 heteroatoms. The van der Waals surface area contributed by atoms with Crippen LogP contribution in [0.1, 0.15) is 21.6 Å². The lowest BCUT2D eigenvalue weighted by Gasteiger charge is -2.08. The van der Waals surface area contributed by atoms with Gasteiger partial charge in [-0.15, -0.1) is 16.4 Å². The maximum atomic E-state index is 11.3. The van der Waals surface area contributed by atoms with Gasteiger partial charge < -0.3 is 5.11 Å². The van der Waals surface area contributed by atoms with E-state index in [2.05, 4.69) is 10.3 Å². The average molecular weight is 299 g/mol. The molecule has 0 aliphatic rings. The molecule has 0 saturated heterocycles. The number of aryl methyl sites for hydroxylation is 1. The summed E-state index contributed by atoms with van der Waals surface area (Å²) in [5, 5.41) is 19.0. The first-order chi connectivity index (χ1) is 10.2. The molecule has 0 atom stereocenters. The third-order valence-electron chi connectivity index (χ3n) is 3.27. The summed E-state index contributed by atoms with van der Waals surface area (Å²) in [6.07, 6.45) is 0. The number of aromatic carboxylic acids is 1. The van der Waals surface area contributed by atoms with Crippen LogP contribution in [0, 0.1) is 6.92 Å². The zero-order valence-corrected chi connectivity index (χ0v) is 12.2. The Morgan fingerprint density at radius 2 is 2.10 bits per heavy atom. The number of carboxylic acids is 1. The largest absolute Gasteiger partial charge is 0.476 e. The van der Waals surface area contributed by atoms with Gasteiger partial charge >= 0.3 is 5.97 Å². The molecule has 3 rings (SSSR count). The van der Waals surface area contributed by atoms with Crippen molar-refractivity contribution in [3.05, 3.63) is 58.6 Å². The molecule has 2 heterocycles. The van der Waals surface area contributed by atoms with Crippen molar-refractivity contribution in [3.8, 4) is 10.6 Å². The lowest BCUT2D eigenvalue weighted by atomic mass is 10.1. The molecule has 0 bridgehead atoms. The normalized spacial score (nSPS) is 10.7. The van der Waals surface area contributed by atoms with Crippen molar-refractivity contribution in [1.29, 1.82) is 0 Å². The van der Waals surface area contributed by atoms with Gasteiger partial charge in [0.05, 0.1) is 11.4 Å². The van der Waals surface area contributed by atoms with E-state index in [1.54, 1.807) is 4.68 Å². The molecule has 21 heavy (non-hydrogen) atoms. The fourth-order valence-electron chi connectivity index (χ4n) is 2.17.